The Kier molecular flexibility index (Phi) is 4.93. The number of aryl methyl sites for hydroxylation is 1. The van der Waals surface area contributed by atoms with Gasteiger partial charge in [0, 0.05) is 31.0 Å². The number of anilines is 1. The molecule has 0 saturated carbocycles. The number of aromatic nitrogens is 3. The highest BCUT2D eigenvalue weighted by molar-refractivity contribution is 7.22. The second-order valence-electron chi connectivity index (χ2n) is 6.06. The molecule has 0 aliphatic rings. The molecule has 0 aliphatic heterocycles. The molecule has 2 aromatic heterocycles. The maximum absolute atomic E-state index is 14.1. The van der Waals surface area contributed by atoms with Gasteiger partial charge in [-0.25, -0.2) is 14.4 Å². The van der Waals surface area contributed by atoms with Gasteiger partial charge in [0.2, 0.25) is 0 Å². The second-order valence-corrected chi connectivity index (χ2v) is 7.07. The van der Waals surface area contributed by atoms with Crippen molar-refractivity contribution in [2.24, 2.45) is 0 Å². The lowest BCUT2D eigenvalue weighted by molar-refractivity contribution is 0.0986. The molecular formula is C20H17FN4OS. The summed E-state index contributed by atoms with van der Waals surface area (Å²) in [7, 11) is 0. The Morgan fingerprint density at radius 2 is 2.00 bits per heavy atom. The molecule has 0 N–H and O–H groups in total. The van der Waals surface area contributed by atoms with Crippen LogP contribution < -0.4 is 4.90 Å². The van der Waals surface area contributed by atoms with Crippen LogP contribution in [0.4, 0.5) is 9.52 Å². The van der Waals surface area contributed by atoms with Crippen LogP contribution >= 0.6 is 11.3 Å². The zero-order valence-electron chi connectivity index (χ0n) is 14.5. The number of hydrogen-bond donors (Lipinski definition) is 0. The minimum atomic E-state index is -0.375. The average molecular weight is 380 g/mol. The van der Waals surface area contributed by atoms with Crippen LogP contribution in [0.5, 0.6) is 0 Å². The van der Waals surface area contributed by atoms with Crippen molar-refractivity contribution in [1.82, 2.24) is 14.5 Å². The fourth-order valence-electron chi connectivity index (χ4n) is 2.87. The first-order chi connectivity index (χ1) is 13.2. The molecule has 7 heteroatoms. The van der Waals surface area contributed by atoms with E-state index in [2.05, 4.69) is 9.97 Å². The normalized spacial score (nSPS) is 11.0. The maximum atomic E-state index is 14.1. The Labute approximate surface area is 159 Å². The lowest BCUT2D eigenvalue weighted by Crippen LogP contribution is -2.32. The van der Waals surface area contributed by atoms with E-state index in [0.29, 0.717) is 22.8 Å². The van der Waals surface area contributed by atoms with E-state index in [1.165, 1.54) is 17.4 Å². The molecule has 0 saturated heterocycles. The van der Waals surface area contributed by atoms with E-state index >= 15 is 0 Å². The fraction of sp³-hybridized carbons (Fsp3) is 0.150. The summed E-state index contributed by atoms with van der Waals surface area (Å²) < 4.78 is 16.7. The van der Waals surface area contributed by atoms with Crippen LogP contribution in [0, 0.1) is 5.82 Å². The Hall–Kier alpha value is -3.06. The van der Waals surface area contributed by atoms with Gasteiger partial charge >= 0.3 is 0 Å². The SMILES string of the molecule is O=C(c1ccccc1)N(CCCn1ccnc1)c1nc2c(F)cccc2s1. The zero-order chi connectivity index (χ0) is 18.6. The van der Waals surface area contributed by atoms with Gasteiger partial charge in [-0.2, -0.15) is 0 Å². The molecule has 0 fully saturated rings. The van der Waals surface area contributed by atoms with Gasteiger partial charge in [0.05, 0.1) is 11.0 Å². The van der Waals surface area contributed by atoms with Gasteiger partial charge in [0.15, 0.2) is 5.13 Å². The average Bonchev–Trinajstić information content (AvgIpc) is 3.36. The molecule has 0 radical (unpaired) electrons. The number of benzene rings is 2. The molecule has 0 atom stereocenters. The number of nitrogens with zero attached hydrogens (tertiary/aromatic N) is 4. The van der Waals surface area contributed by atoms with Gasteiger partial charge in [0.25, 0.3) is 5.91 Å². The van der Waals surface area contributed by atoms with Crippen molar-refractivity contribution in [3.63, 3.8) is 0 Å². The van der Waals surface area contributed by atoms with Gasteiger partial charge in [0.1, 0.15) is 11.3 Å². The number of imidazole rings is 1. The molecule has 4 aromatic rings. The van der Waals surface area contributed by atoms with Crippen molar-refractivity contribution in [1.29, 1.82) is 0 Å². The van der Waals surface area contributed by atoms with Crippen LogP contribution in [0.25, 0.3) is 10.2 Å². The molecule has 136 valence electrons. The van der Waals surface area contributed by atoms with Gasteiger partial charge in [-0.1, -0.05) is 35.6 Å². The maximum Gasteiger partial charge on any atom is 0.260 e. The van der Waals surface area contributed by atoms with E-state index in [0.717, 1.165) is 17.7 Å². The predicted octanol–water partition coefficient (Wildman–Crippen LogP) is 4.37. The summed E-state index contributed by atoms with van der Waals surface area (Å²) in [5, 5.41) is 0.509. The summed E-state index contributed by atoms with van der Waals surface area (Å²) in [6.45, 7) is 1.21. The molecule has 2 heterocycles. The minimum Gasteiger partial charge on any atom is -0.337 e. The first-order valence-corrected chi connectivity index (χ1v) is 9.42. The van der Waals surface area contributed by atoms with Crippen molar-refractivity contribution in [3.8, 4) is 0 Å². The van der Waals surface area contributed by atoms with Crippen LogP contribution in [0.3, 0.4) is 0 Å². The fourth-order valence-corrected chi connectivity index (χ4v) is 3.87. The number of carbonyl (C=O) groups excluding carboxylic acids is 1. The Morgan fingerprint density at radius 3 is 2.74 bits per heavy atom. The van der Waals surface area contributed by atoms with Crippen molar-refractivity contribution in [3.05, 3.63) is 78.6 Å². The van der Waals surface area contributed by atoms with Crippen LogP contribution in [0.2, 0.25) is 0 Å². The lowest BCUT2D eigenvalue weighted by Gasteiger charge is -2.20. The number of halogens is 1. The number of rotatable bonds is 6. The van der Waals surface area contributed by atoms with Gasteiger partial charge in [-0.05, 0) is 30.7 Å². The summed E-state index contributed by atoms with van der Waals surface area (Å²) in [5.41, 5.74) is 0.887. The van der Waals surface area contributed by atoms with Crippen molar-refractivity contribution in [2.45, 2.75) is 13.0 Å². The highest BCUT2D eigenvalue weighted by atomic mass is 32.1. The number of amides is 1. The van der Waals surface area contributed by atoms with E-state index in [4.69, 9.17) is 0 Å². The number of fused-ring (bicyclic) bond motifs is 1. The molecule has 0 bridgehead atoms. The Morgan fingerprint density at radius 1 is 1.15 bits per heavy atom. The molecule has 4 rings (SSSR count). The van der Waals surface area contributed by atoms with E-state index in [-0.39, 0.29) is 11.7 Å². The topological polar surface area (TPSA) is 51.0 Å². The standard InChI is InChI=1S/C20H17FN4OS/c21-16-8-4-9-17-18(16)23-20(27-17)25(12-5-11-24-13-10-22-14-24)19(26)15-6-2-1-3-7-15/h1-4,6-10,13-14H,5,11-12H2. The lowest BCUT2D eigenvalue weighted by atomic mass is 10.2. The van der Waals surface area contributed by atoms with Gasteiger partial charge < -0.3 is 4.57 Å². The van der Waals surface area contributed by atoms with E-state index in [1.807, 2.05) is 35.0 Å². The second kappa shape index (κ2) is 7.67. The summed E-state index contributed by atoms with van der Waals surface area (Å²) >= 11 is 1.33. The van der Waals surface area contributed by atoms with E-state index in [1.54, 1.807) is 35.6 Å². The monoisotopic (exact) mass is 380 g/mol. The molecule has 0 aliphatic carbocycles. The van der Waals surface area contributed by atoms with Gasteiger partial charge in [-0.3, -0.25) is 9.69 Å². The molecule has 0 unspecified atom stereocenters. The van der Waals surface area contributed by atoms with E-state index < -0.39 is 0 Å². The summed E-state index contributed by atoms with van der Waals surface area (Å²) in [5.74, 6) is -0.513. The van der Waals surface area contributed by atoms with Crippen LogP contribution in [-0.4, -0.2) is 27.0 Å². The smallest absolute Gasteiger partial charge is 0.260 e. The van der Waals surface area contributed by atoms with Crippen molar-refractivity contribution >= 4 is 32.6 Å². The quantitative estimate of drug-likeness (QED) is 0.499. The first-order valence-electron chi connectivity index (χ1n) is 8.60. The molecule has 0 spiro atoms. The van der Waals surface area contributed by atoms with Gasteiger partial charge in [-0.15, -0.1) is 0 Å². The number of para-hydroxylation sites is 1. The zero-order valence-corrected chi connectivity index (χ0v) is 15.3. The third kappa shape index (κ3) is 3.73. The van der Waals surface area contributed by atoms with Crippen LogP contribution in [-0.2, 0) is 6.54 Å². The largest absolute Gasteiger partial charge is 0.337 e. The first kappa shape index (κ1) is 17.4. The Balaban J connectivity index is 1.63. The predicted molar refractivity (Wildman–Crippen MR) is 105 cm³/mol. The third-order valence-corrected chi connectivity index (χ3v) is 5.26. The summed E-state index contributed by atoms with van der Waals surface area (Å²) in [6, 6.07) is 13.9. The van der Waals surface area contributed by atoms with Crippen molar-refractivity contribution < 1.29 is 9.18 Å². The number of hydrogen-bond acceptors (Lipinski definition) is 4. The van der Waals surface area contributed by atoms with Crippen molar-refractivity contribution in [2.75, 3.05) is 11.4 Å². The molecule has 1 amide bonds. The number of thiazole rings is 1. The van der Waals surface area contributed by atoms with E-state index in [9.17, 15) is 9.18 Å². The van der Waals surface area contributed by atoms with Crippen LogP contribution in [0.1, 0.15) is 16.8 Å². The summed E-state index contributed by atoms with van der Waals surface area (Å²) in [4.78, 5) is 23.1. The molecule has 27 heavy (non-hydrogen) atoms. The third-order valence-electron chi connectivity index (χ3n) is 4.21. The molecule has 5 nitrogen and oxygen atoms in total. The molecular weight excluding hydrogens is 363 g/mol. The summed E-state index contributed by atoms with van der Waals surface area (Å²) in [6.07, 6.45) is 6.09. The highest BCUT2D eigenvalue weighted by Gasteiger charge is 2.21. The Bertz CT molecular complexity index is 1050. The molecule has 2 aromatic carbocycles. The minimum absolute atomic E-state index is 0.138. The van der Waals surface area contributed by atoms with Crippen LogP contribution in [0.15, 0.2) is 67.3 Å². The number of carbonyl (C=O) groups is 1. The highest BCUT2D eigenvalue weighted by Crippen LogP contribution is 2.31.